The van der Waals surface area contributed by atoms with Crippen molar-refractivity contribution in [1.82, 2.24) is 0 Å². The van der Waals surface area contributed by atoms with Crippen molar-refractivity contribution in [2.45, 2.75) is 27.2 Å². The fourth-order valence-corrected chi connectivity index (χ4v) is 3.03. The minimum Gasteiger partial charge on any atom is -0.462 e. The molecule has 0 saturated carbocycles. The Balaban J connectivity index is 2.11. The lowest BCUT2D eigenvalue weighted by atomic mass is 9.97. The molecule has 0 aliphatic heterocycles. The number of rotatable bonds is 12. The molecule has 0 aliphatic carbocycles. The third-order valence-electron chi connectivity index (χ3n) is 4.78. The summed E-state index contributed by atoms with van der Waals surface area (Å²) in [6.45, 7) is 16.8. The molecule has 6 heteroatoms. The number of hydrogen-bond acceptors (Lipinski definition) is 5. The third kappa shape index (κ3) is 8.45. The predicted molar refractivity (Wildman–Crippen MR) is 131 cm³/mol. The lowest BCUT2D eigenvalue weighted by molar-refractivity contribution is -0.140. The Kier molecular flexibility index (Phi) is 9.95. The fourth-order valence-electron chi connectivity index (χ4n) is 3.03. The minimum absolute atomic E-state index is 0.135. The van der Waals surface area contributed by atoms with Gasteiger partial charge in [-0.3, -0.25) is 0 Å². The molecule has 0 saturated heterocycles. The molecule has 0 aliphatic rings. The number of esters is 2. The number of benzene rings is 2. The molecule has 34 heavy (non-hydrogen) atoms. The molecule has 180 valence electrons. The summed E-state index contributed by atoms with van der Waals surface area (Å²) in [6.07, 6.45) is 0.465. The van der Waals surface area contributed by atoms with Gasteiger partial charge in [0.1, 0.15) is 11.6 Å². The molecule has 0 spiro atoms. The van der Waals surface area contributed by atoms with Gasteiger partial charge in [-0.25, -0.2) is 14.0 Å². The number of ether oxygens (including phenoxy) is 3. The zero-order chi connectivity index (χ0) is 25.3. The second kappa shape index (κ2) is 12.7. The maximum atomic E-state index is 14.9. The van der Waals surface area contributed by atoms with Crippen LogP contribution in [0.4, 0.5) is 4.39 Å². The van der Waals surface area contributed by atoms with Crippen molar-refractivity contribution < 1.29 is 28.2 Å². The van der Waals surface area contributed by atoms with E-state index in [0.29, 0.717) is 47.7 Å². The highest BCUT2D eigenvalue weighted by Gasteiger charge is 2.16. The summed E-state index contributed by atoms with van der Waals surface area (Å²) in [4.78, 5) is 23.4. The standard InChI is InChI=1S/C28H31FO5/c1-18(2)15-32-16-22(17-33-27(30)19(3)4)13-21-7-12-25(26(29)14-21)23-8-10-24(11-9-23)34-28(31)20(5)6/h7-12,14,22H,1,3,5,13,15-17H2,2,4,6H3. The average molecular weight is 467 g/mol. The Morgan fingerprint density at radius 2 is 1.56 bits per heavy atom. The summed E-state index contributed by atoms with van der Waals surface area (Å²) in [5, 5.41) is 0. The molecule has 0 aromatic heterocycles. The van der Waals surface area contributed by atoms with Crippen LogP contribution >= 0.6 is 0 Å². The van der Waals surface area contributed by atoms with Crippen LogP contribution in [0.5, 0.6) is 5.75 Å². The molecule has 0 heterocycles. The van der Waals surface area contributed by atoms with Crippen LogP contribution in [-0.4, -0.2) is 31.8 Å². The summed E-state index contributed by atoms with van der Waals surface area (Å²) in [6, 6.07) is 11.6. The molecule has 2 aromatic rings. The lowest BCUT2D eigenvalue weighted by Crippen LogP contribution is -2.22. The van der Waals surface area contributed by atoms with Crippen LogP contribution in [0.2, 0.25) is 0 Å². The van der Waals surface area contributed by atoms with Crippen molar-refractivity contribution in [3.63, 3.8) is 0 Å². The molecule has 2 rings (SSSR count). The Hall–Kier alpha value is -3.51. The van der Waals surface area contributed by atoms with Gasteiger partial charge in [0.15, 0.2) is 0 Å². The van der Waals surface area contributed by atoms with Gasteiger partial charge in [0.05, 0.1) is 19.8 Å². The third-order valence-corrected chi connectivity index (χ3v) is 4.78. The highest BCUT2D eigenvalue weighted by Crippen LogP contribution is 2.27. The monoisotopic (exact) mass is 466 g/mol. The molecule has 2 aromatic carbocycles. The average Bonchev–Trinajstić information content (AvgIpc) is 2.77. The van der Waals surface area contributed by atoms with Crippen LogP contribution in [0.15, 0.2) is 78.9 Å². The first-order chi connectivity index (χ1) is 16.1. The maximum absolute atomic E-state index is 14.9. The van der Waals surface area contributed by atoms with Crippen LogP contribution in [-0.2, 0) is 25.5 Å². The van der Waals surface area contributed by atoms with Gasteiger partial charge >= 0.3 is 11.9 Å². The van der Waals surface area contributed by atoms with Crippen LogP contribution in [0.1, 0.15) is 26.3 Å². The molecular formula is C28H31FO5. The van der Waals surface area contributed by atoms with Gasteiger partial charge < -0.3 is 14.2 Å². The van der Waals surface area contributed by atoms with Crippen LogP contribution in [0.3, 0.4) is 0 Å². The molecule has 5 nitrogen and oxygen atoms in total. The first-order valence-electron chi connectivity index (χ1n) is 10.9. The summed E-state index contributed by atoms with van der Waals surface area (Å²) in [5.74, 6) is -1.17. The molecule has 0 radical (unpaired) electrons. The Bertz CT molecular complexity index is 1070. The highest BCUT2D eigenvalue weighted by molar-refractivity contribution is 5.88. The predicted octanol–water partition coefficient (Wildman–Crippen LogP) is 5.84. The van der Waals surface area contributed by atoms with Gasteiger partial charge in [0.2, 0.25) is 0 Å². The Morgan fingerprint density at radius 1 is 0.912 bits per heavy atom. The molecule has 0 fully saturated rings. The molecule has 0 N–H and O–H groups in total. The number of hydrogen-bond donors (Lipinski definition) is 0. The number of carbonyl (C=O) groups excluding carboxylic acids is 2. The van der Waals surface area contributed by atoms with E-state index in [2.05, 4.69) is 19.7 Å². The lowest BCUT2D eigenvalue weighted by Gasteiger charge is -2.18. The number of carbonyl (C=O) groups is 2. The van der Waals surface area contributed by atoms with Crippen molar-refractivity contribution in [3.05, 3.63) is 90.3 Å². The molecular weight excluding hydrogens is 435 g/mol. The first kappa shape index (κ1) is 26.7. The fraction of sp³-hybridized carbons (Fsp3) is 0.286. The number of halogens is 1. The van der Waals surface area contributed by atoms with Crippen molar-refractivity contribution in [1.29, 1.82) is 0 Å². The van der Waals surface area contributed by atoms with Crippen molar-refractivity contribution >= 4 is 11.9 Å². The molecule has 0 bridgehead atoms. The van der Waals surface area contributed by atoms with Crippen LogP contribution in [0, 0.1) is 11.7 Å². The van der Waals surface area contributed by atoms with Crippen molar-refractivity contribution in [3.8, 4) is 16.9 Å². The maximum Gasteiger partial charge on any atom is 0.338 e. The van der Waals surface area contributed by atoms with Crippen LogP contribution in [0.25, 0.3) is 11.1 Å². The molecule has 1 atom stereocenters. The largest absolute Gasteiger partial charge is 0.462 e. The van der Waals surface area contributed by atoms with Gasteiger partial charge in [-0.05, 0) is 56.5 Å². The van der Waals surface area contributed by atoms with E-state index >= 15 is 0 Å². The summed E-state index contributed by atoms with van der Waals surface area (Å²) in [5.41, 5.74) is 3.32. The smallest absolute Gasteiger partial charge is 0.338 e. The van der Waals surface area contributed by atoms with E-state index in [1.165, 1.54) is 6.07 Å². The SMILES string of the molecule is C=C(C)COCC(COC(=O)C(=C)C)Cc1ccc(-c2ccc(OC(=O)C(=C)C)cc2)c(F)c1. The van der Waals surface area contributed by atoms with E-state index in [0.717, 1.165) is 11.1 Å². The van der Waals surface area contributed by atoms with E-state index in [9.17, 15) is 14.0 Å². The zero-order valence-corrected chi connectivity index (χ0v) is 20.0. The van der Waals surface area contributed by atoms with Gasteiger partial charge in [0.25, 0.3) is 0 Å². The molecule has 0 amide bonds. The van der Waals surface area contributed by atoms with E-state index in [4.69, 9.17) is 14.2 Å². The second-order valence-corrected chi connectivity index (χ2v) is 8.43. The van der Waals surface area contributed by atoms with E-state index < -0.39 is 11.9 Å². The Morgan fingerprint density at radius 3 is 2.12 bits per heavy atom. The normalized spacial score (nSPS) is 11.4. The summed E-state index contributed by atoms with van der Waals surface area (Å²) >= 11 is 0. The van der Waals surface area contributed by atoms with Crippen molar-refractivity contribution in [2.24, 2.45) is 5.92 Å². The molecule has 1 unspecified atom stereocenters. The first-order valence-corrected chi connectivity index (χ1v) is 10.9. The highest BCUT2D eigenvalue weighted by atomic mass is 19.1. The van der Waals surface area contributed by atoms with Crippen molar-refractivity contribution in [2.75, 3.05) is 19.8 Å². The van der Waals surface area contributed by atoms with Crippen LogP contribution < -0.4 is 4.74 Å². The summed E-state index contributed by atoms with van der Waals surface area (Å²) < 4.78 is 31.1. The Labute approximate surface area is 200 Å². The summed E-state index contributed by atoms with van der Waals surface area (Å²) in [7, 11) is 0. The second-order valence-electron chi connectivity index (χ2n) is 8.43. The topological polar surface area (TPSA) is 61.8 Å². The van der Waals surface area contributed by atoms with Gasteiger partial charge in [-0.15, -0.1) is 0 Å². The van der Waals surface area contributed by atoms with E-state index in [1.54, 1.807) is 44.2 Å². The van der Waals surface area contributed by atoms with E-state index in [1.807, 2.05) is 13.0 Å². The zero-order valence-electron chi connectivity index (χ0n) is 20.0. The minimum atomic E-state index is -0.515. The van der Waals surface area contributed by atoms with Gasteiger partial charge in [-0.2, -0.15) is 0 Å². The quantitative estimate of drug-likeness (QED) is 0.170. The van der Waals surface area contributed by atoms with E-state index in [-0.39, 0.29) is 18.3 Å². The van der Waals surface area contributed by atoms with Gasteiger partial charge in [0, 0.05) is 22.6 Å². The van der Waals surface area contributed by atoms with Gasteiger partial charge in [-0.1, -0.05) is 49.6 Å².